The summed E-state index contributed by atoms with van der Waals surface area (Å²) >= 11 is 0. The molecule has 0 spiro atoms. The van der Waals surface area contributed by atoms with Crippen LogP contribution in [0, 0.1) is 0 Å². The average molecular weight is 538 g/mol. The van der Waals surface area contributed by atoms with Gasteiger partial charge in [-0.2, -0.15) is 0 Å². The highest BCUT2D eigenvalue weighted by molar-refractivity contribution is 7.45. The molecule has 0 heterocycles. The van der Waals surface area contributed by atoms with E-state index in [1.165, 1.54) is 25.7 Å². The first-order chi connectivity index (χ1) is 17.0. The van der Waals surface area contributed by atoms with E-state index in [1.807, 2.05) is 21.1 Å². The second kappa shape index (κ2) is 21.0. The highest BCUT2D eigenvalue weighted by atomic mass is 31.2. The Kier molecular flexibility index (Phi) is 20.4. The number of carbonyl (C=O) groups is 2. The Morgan fingerprint density at radius 3 is 1.78 bits per heavy atom. The highest BCUT2D eigenvalue weighted by Gasteiger charge is 2.21. The molecule has 10 heteroatoms. The first kappa shape index (κ1) is 35.0. The van der Waals surface area contributed by atoms with E-state index < -0.39 is 32.5 Å². The fourth-order valence-electron chi connectivity index (χ4n) is 3.36. The number of esters is 2. The van der Waals surface area contributed by atoms with Gasteiger partial charge in [-0.25, -0.2) is 0 Å². The molecule has 0 fully saturated rings. The minimum absolute atomic E-state index is 0.0279. The van der Waals surface area contributed by atoms with E-state index in [-0.39, 0.29) is 26.1 Å². The van der Waals surface area contributed by atoms with Crippen molar-refractivity contribution in [3.63, 3.8) is 0 Å². The van der Waals surface area contributed by atoms with Crippen molar-refractivity contribution in [1.82, 2.24) is 0 Å². The third-order valence-electron chi connectivity index (χ3n) is 5.63. The van der Waals surface area contributed by atoms with Crippen LogP contribution in [0.2, 0.25) is 0 Å². The molecule has 0 bridgehead atoms. The number of ether oxygens (including phenoxy) is 2. The average Bonchev–Trinajstić information content (AvgIpc) is 2.79. The molecule has 0 aromatic heterocycles. The number of carbonyl (C=O) groups excluding carboxylic acids is 2. The maximum absolute atomic E-state index is 12.3. The summed E-state index contributed by atoms with van der Waals surface area (Å²) in [5, 5.41) is 0. The van der Waals surface area contributed by atoms with Crippen molar-refractivity contribution in [3.8, 4) is 0 Å². The predicted octanol–water partition coefficient (Wildman–Crippen LogP) is 5.15. The van der Waals surface area contributed by atoms with Gasteiger partial charge >= 0.3 is 11.9 Å². The molecule has 36 heavy (non-hydrogen) atoms. The van der Waals surface area contributed by atoms with Crippen LogP contribution in [-0.4, -0.2) is 70.0 Å². The molecule has 9 nitrogen and oxygen atoms in total. The van der Waals surface area contributed by atoms with Gasteiger partial charge in [0.1, 0.15) is 19.8 Å². The Hall–Kier alpha value is -0.990. The number of phosphoric acid groups is 1. The standard InChI is InChI=1S/C26H52NO8P/c1-6-8-10-12-13-15-16-18-25(28)32-22-24(35-26(29)19-17-14-11-9-7-2)23-34-36(30,31)33-21-20-27(3,4)5/h24H,6-23H2,1-5H3. The van der Waals surface area contributed by atoms with Gasteiger partial charge in [-0.15, -0.1) is 0 Å². The lowest BCUT2D eigenvalue weighted by molar-refractivity contribution is -0.870. The van der Waals surface area contributed by atoms with Crippen LogP contribution in [0.4, 0.5) is 0 Å². The van der Waals surface area contributed by atoms with Gasteiger partial charge in [0.25, 0.3) is 7.82 Å². The lowest BCUT2D eigenvalue weighted by Crippen LogP contribution is -2.37. The fraction of sp³-hybridized carbons (Fsp3) is 0.923. The fourth-order valence-corrected chi connectivity index (χ4v) is 4.09. The Morgan fingerprint density at radius 1 is 0.750 bits per heavy atom. The zero-order valence-corrected chi connectivity index (χ0v) is 24.4. The SMILES string of the molecule is CCCCCCCCCC(=O)OCC(COP(=O)([O-])OCC[N+](C)(C)C)OC(=O)CCCCCCC. The number of likely N-dealkylation sites (N-methyl/N-ethyl adjacent to an activating group) is 1. The number of phosphoric ester groups is 1. The van der Waals surface area contributed by atoms with E-state index in [1.54, 1.807) is 0 Å². The van der Waals surface area contributed by atoms with E-state index >= 15 is 0 Å². The predicted molar refractivity (Wildman–Crippen MR) is 139 cm³/mol. The largest absolute Gasteiger partial charge is 0.756 e. The van der Waals surface area contributed by atoms with Crippen molar-refractivity contribution in [2.45, 2.75) is 110 Å². The number of unbranched alkanes of at least 4 members (excludes halogenated alkanes) is 10. The zero-order chi connectivity index (χ0) is 27.3. The molecule has 0 aliphatic carbocycles. The quantitative estimate of drug-likeness (QED) is 0.0719. The van der Waals surface area contributed by atoms with Crippen molar-refractivity contribution >= 4 is 19.8 Å². The molecular formula is C26H52NO8P. The topological polar surface area (TPSA) is 111 Å². The smallest absolute Gasteiger partial charge is 0.306 e. The molecule has 0 saturated carbocycles. The van der Waals surface area contributed by atoms with Crippen molar-refractivity contribution in [1.29, 1.82) is 0 Å². The Bertz CT molecular complexity index is 624. The second-order valence-electron chi connectivity index (χ2n) is 10.4. The summed E-state index contributed by atoms with van der Waals surface area (Å²) in [6.07, 6.45) is 12.0. The van der Waals surface area contributed by atoms with Crippen LogP contribution in [0.15, 0.2) is 0 Å². The number of quaternary nitrogens is 1. The van der Waals surface area contributed by atoms with Gasteiger partial charge in [0.15, 0.2) is 6.10 Å². The van der Waals surface area contributed by atoms with Crippen LogP contribution >= 0.6 is 7.82 Å². The molecule has 0 amide bonds. The monoisotopic (exact) mass is 537 g/mol. The summed E-state index contributed by atoms with van der Waals surface area (Å²) in [5.41, 5.74) is 0. The molecule has 0 aromatic carbocycles. The van der Waals surface area contributed by atoms with Crippen molar-refractivity contribution in [2.75, 3.05) is 47.5 Å². The molecule has 2 atom stereocenters. The minimum atomic E-state index is -4.58. The molecule has 0 aliphatic rings. The number of hydrogen-bond donors (Lipinski definition) is 0. The van der Waals surface area contributed by atoms with Gasteiger partial charge in [-0.05, 0) is 12.8 Å². The van der Waals surface area contributed by atoms with Gasteiger partial charge in [-0.3, -0.25) is 14.2 Å². The van der Waals surface area contributed by atoms with Crippen molar-refractivity contribution in [3.05, 3.63) is 0 Å². The summed E-state index contributed by atoms with van der Waals surface area (Å²) < 4.78 is 33.1. The summed E-state index contributed by atoms with van der Waals surface area (Å²) in [5.74, 6) is -0.858. The molecular weight excluding hydrogens is 485 g/mol. The number of rotatable bonds is 24. The summed E-state index contributed by atoms with van der Waals surface area (Å²) in [7, 11) is 1.16. The van der Waals surface area contributed by atoms with Crippen LogP contribution in [0.25, 0.3) is 0 Å². The molecule has 2 unspecified atom stereocenters. The van der Waals surface area contributed by atoms with Gasteiger partial charge in [0.2, 0.25) is 0 Å². The minimum Gasteiger partial charge on any atom is -0.756 e. The zero-order valence-electron chi connectivity index (χ0n) is 23.5. The lowest BCUT2D eigenvalue weighted by Gasteiger charge is -2.28. The molecule has 0 radical (unpaired) electrons. The summed E-state index contributed by atoms with van der Waals surface area (Å²) in [4.78, 5) is 36.5. The highest BCUT2D eigenvalue weighted by Crippen LogP contribution is 2.38. The number of nitrogens with zero attached hydrogens (tertiary/aromatic N) is 1. The lowest BCUT2D eigenvalue weighted by atomic mass is 10.1. The molecule has 0 aliphatic heterocycles. The number of hydrogen-bond acceptors (Lipinski definition) is 8. The van der Waals surface area contributed by atoms with E-state index in [2.05, 4.69) is 13.8 Å². The van der Waals surface area contributed by atoms with E-state index in [9.17, 15) is 19.0 Å². The van der Waals surface area contributed by atoms with Crippen molar-refractivity contribution in [2.24, 2.45) is 0 Å². The van der Waals surface area contributed by atoms with Gasteiger partial charge in [0, 0.05) is 12.8 Å². The maximum Gasteiger partial charge on any atom is 0.306 e. The van der Waals surface area contributed by atoms with E-state index in [4.69, 9.17) is 18.5 Å². The first-order valence-electron chi connectivity index (χ1n) is 13.7. The Balaban J connectivity index is 4.58. The second-order valence-corrected chi connectivity index (χ2v) is 11.8. The molecule has 0 rings (SSSR count). The normalized spacial score (nSPS) is 14.3. The van der Waals surface area contributed by atoms with Gasteiger partial charge in [0.05, 0.1) is 27.7 Å². The first-order valence-corrected chi connectivity index (χ1v) is 15.2. The van der Waals surface area contributed by atoms with E-state index in [0.717, 1.165) is 44.9 Å². The van der Waals surface area contributed by atoms with Crippen LogP contribution in [0.3, 0.4) is 0 Å². The van der Waals surface area contributed by atoms with E-state index in [0.29, 0.717) is 17.4 Å². The van der Waals surface area contributed by atoms with Crippen LogP contribution in [0.5, 0.6) is 0 Å². The summed E-state index contributed by atoms with van der Waals surface area (Å²) in [6, 6.07) is 0. The third kappa shape index (κ3) is 23.4. The molecule has 0 N–H and O–H groups in total. The molecule has 214 valence electrons. The molecule has 0 aromatic rings. The van der Waals surface area contributed by atoms with Crippen molar-refractivity contribution < 1.29 is 42.1 Å². The van der Waals surface area contributed by atoms with Crippen LogP contribution < -0.4 is 4.89 Å². The molecule has 0 saturated heterocycles. The maximum atomic E-state index is 12.3. The Morgan fingerprint density at radius 2 is 1.25 bits per heavy atom. The Labute approximate surface area is 219 Å². The summed E-state index contributed by atoms with van der Waals surface area (Å²) in [6.45, 7) is 4.03. The van der Waals surface area contributed by atoms with Gasteiger partial charge < -0.3 is 27.9 Å². The van der Waals surface area contributed by atoms with Crippen LogP contribution in [0.1, 0.15) is 104 Å². The van der Waals surface area contributed by atoms with Gasteiger partial charge in [-0.1, -0.05) is 78.1 Å². The van der Waals surface area contributed by atoms with Crippen LogP contribution in [-0.2, 0) is 32.7 Å². The third-order valence-corrected chi connectivity index (χ3v) is 6.59.